The molecule has 74 valence electrons. The molecule has 0 bridgehead atoms. The highest BCUT2D eigenvalue weighted by atomic mass is 32.2. The van der Waals surface area contributed by atoms with Crippen molar-refractivity contribution in [2.24, 2.45) is 11.7 Å². The fourth-order valence-corrected chi connectivity index (χ4v) is 2.87. The first-order chi connectivity index (χ1) is 6.29. The zero-order chi connectivity index (χ0) is 9.68. The maximum absolute atomic E-state index is 6.15. The summed E-state index contributed by atoms with van der Waals surface area (Å²) in [7, 11) is 0. The first-order valence-corrected chi connectivity index (χ1v) is 5.88. The van der Waals surface area contributed by atoms with E-state index in [1.807, 2.05) is 24.8 Å². The summed E-state index contributed by atoms with van der Waals surface area (Å²) in [5.74, 6) is 0.525. The van der Waals surface area contributed by atoms with Crippen molar-refractivity contribution in [3.8, 4) is 0 Å². The molecule has 2 heteroatoms. The number of hydrogen-bond donors (Lipinski definition) is 1. The van der Waals surface area contributed by atoms with Gasteiger partial charge in [0.15, 0.2) is 0 Å². The molecule has 3 atom stereocenters. The fraction of sp³-hybridized carbons (Fsp3) is 0.636. The lowest BCUT2D eigenvalue weighted by Crippen LogP contribution is -2.41. The van der Waals surface area contributed by atoms with Gasteiger partial charge in [0.25, 0.3) is 0 Å². The van der Waals surface area contributed by atoms with Crippen LogP contribution in [0.25, 0.3) is 0 Å². The minimum absolute atomic E-state index is 0.299. The lowest BCUT2D eigenvalue weighted by Gasteiger charge is -2.33. The lowest BCUT2D eigenvalue weighted by atomic mass is 9.85. The van der Waals surface area contributed by atoms with Gasteiger partial charge >= 0.3 is 0 Å². The van der Waals surface area contributed by atoms with Crippen molar-refractivity contribution in [1.29, 1.82) is 0 Å². The van der Waals surface area contributed by atoms with Gasteiger partial charge in [-0.3, -0.25) is 0 Å². The monoisotopic (exact) mass is 197 g/mol. The van der Waals surface area contributed by atoms with Gasteiger partial charge in [-0.2, -0.15) is 0 Å². The molecule has 0 aromatic rings. The van der Waals surface area contributed by atoms with Crippen LogP contribution in [0.15, 0.2) is 24.1 Å². The Kier molecular flexibility index (Phi) is 4.60. The standard InChI is InChI=1S/C11H19NS/c1-3-8-13-10-7-5-6-9(4-2)11(10)12/h3-4,8-11H,2,5-7,12H2,1H3/b8-3-/t9-,10?,11?/m0/s1. The highest BCUT2D eigenvalue weighted by molar-refractivity contribution is 8.02. The van der Waals surface area contributed by atoms with E-state index in [2.05, 4.69) is 18.1 Å². The summed E-state index contributed by atoms with van der Waals surface area (Å²) in [6, 6.07) is 0.299. The van der Waals surface area contributed by atoms with E-state index in [0.29, 0.717) is 17.2 Å². The highest BCUT2D eigenvalue weighted by Crippen LogP contribution is 2.32. The van der Waals surface area contributed by atoms with Crippen molar-refractivity contribution in [1.82, 2.24) is 0 Å². The zero-order valence-electron chi connectivity index (χ0n) is 8.28. The third-order valence-corrected chi connectivity index (χ3v) is 3.97. The van der Waals surface area contributed by atoms with Crippen LogP contribution in [-0.4, -0.2) is 11.3 Å². The van der Waals surface area contributed by atoms with E-state index >= 15 is 0 Å². The lowest BCUT2D eigenvalue weighted by molar-refractivity contribution is 0.373. The molecule has 2 N–H and O–H groups in total. The average molecular weight is 197 g/mol. The largest absolute Gasteiger partial charge is 0.326 e. The summed E-state index contributed by atoms with van der Waals surface area (Å²) in [5.41, 5.74) is 6.15. The number of allylic oxidation sites excluding steroid dienone is 1. The van der Waals surface area contributed by atoms with E-state index in [1.165, 1.54) is 19.3 Å². The van der Waals surface area contributed by atoms with Crippen molar-refractivity contribution in [3.05, 3.63) is 24.1 Å². The second-order valence-corrected chi connectivity index (χ2v) is 4.70. The summed E-state index contributed by atoms with van der Waals surface area (Å²) in [6.07, 6.45) is 7.86. The Bertz CT molecular complexity index is 189. The quantitative estimate of drug-likeness (QED) is 0.704. The third kappa shape index (κ3) is 2.89. The maximum Gasteiger partial charge on any atom is 0.0245 e. The van der Waals surface area contributed by atoms with E-state index in [-0.39, 0.29) is 0 Å². The summed E-state index contributed by atoms with van der Waals surface area (Å²) in [5, 5.41) is 2.74. The molecule has 0 aromatic carbocycles. The first kappa shape index (κ1) is 10.9. The molecule has 0 aliphatic heterocycles. The molecule has 1 aliphatic rings. The van der Waals surface area contributed by atoms with Crippen LogP contribution in [0.2, 0.25) is 0 Å². The van der Waals surface area contributed by atoms with Gasteiger partial charge in [-0.25, -0.2) is 0 Å². The molecular weight excluding hydrogens is 178 g/mol. The Hall–Kier alpha value is -0.210. The molecule has 0 radical (unpaired) electrons. The molecule has 0 spiro atoms. The van der Waals surface area contributed by atoms with Gasteiger partial charge in [-0.05, 0) is 31.1 Å². The normalized spacial score (nSPS) is 35.1. The molecule has 1 aliphatic carbocycles. The molecule has 13 heavy (non-hydrogen) atoms. The molecule has 1 nitrogen and oxygen atoms in total. The molecule has 0 saturated heterocycles. The van der Waals surface area contributed by atoms with Crippen LogP contribution in [0, 0.1) is 5.92 Å². The SMILES string of the molecule is C=C[C@H]1CCCC(S/C=C\C)C1N. The van der Waals surface area contributed by atoms with Gasteiger partial charge in [-0.1, -0.05) is 18.6 Å². The molecule has 0 aromatic heterocycles. The molecule has 1 fully saturated rings. The van der Waals surface area contributed by atoms with Crippen LogP contribution >= 0.6 is 11.8 Å². The second kappa shape index (κ2) is 5.51. The molecule has 2 unspecified atom stereocenters. The van der Waals surface area contributed by atoms with E-state index < -0.39 is 0 Å². The Balaban J connectivity index is 2.48. The number of rotatable bonds is 3. The van der Waals surface area contributed by atoms with Gasteiger partial charge in [0.1, 0.15) is 0 Å². The predicted molar refractivity (Wildman–Crippen MR) is 61.7 cm³/mol. The average Bonchev–Trinajstić information content (AvgIpc) is 2.16. The van der Waals surface area contributed by atoms with E-state index in [0.717, 1.165) is 0 Å². The van der Waals surface area contributed by atoms with Crippen LogP contribution in [0.3, 0.4) is 0 Å². The van der Waals surface area contributed by atoms with E-state index in [4.69, 9.17) is 5.73 Å². The highest BCUT2D eigenvalue weighted by Gasteiger charge is 2.28. The van der Waals surface area contributed by atoms with Crippen LogP contribution in [0.1, 0.15) is 26.2 Å². The summed E-state index contributed by atoms with van der Waals surface area (Å²) < 4.78 is 0. The van der Waals surface area contributed by atoms with Gasteiger partial charge in [0.2, 0.25) is 0 Å². The number of thioether (sulfide) groups is 1. The Morgan fingerprint density at radius 1 is 1.46 bits per heavy atom. The predicted octanol–water partition coefficient (Wildman–Crippen LogP) is 2.94. The maximum atomic E-state index is 6.15. The van der Waals surface area contributed by atoms with Crippen molar-refractivity contribution < 1.29 is 0 Å². The van der Waals surface area contributed by atoms with Crippen molar-refractivity contribution >= 4 is 11.8 Å². The van der Waals surface area contributed by atoms with Crippen LogP contribution < -0.4 is 5.73 Å². The molecule has 0 amide bonds. The summed E-state index contributed by atoms with van der Waals surface area (Å²) in [4.78, 5) is 0. The summed E-state index contributed by atoms with van der Waals surface area (Å²) >= 11 is 1.87. The first-order valence-electron chi connectivity index (χ1n) is 4.94. The van der Waals surface area contributed by atoms with Crippen molar-refractivity contribution in [3.63, 3.8) is 0 Å². The van der Waals surface area contributed by atoms with Crippen LogP contribution in [-0.2, 0) is 0 Å². The fourth-order valence-electron chi connectivity index (χ4n) is 1.83. The Morgan fingerprint density at radius 2 is 2.23 bits per heavy atom. The van der Waals surface area contributed by atoms with E-state index in [9.17, 15) is 0 Å². The topological polar surface area (TPSA) is 26.0 Å². The van der Waals surface area contributed by atoms with Gasteiger partial charge in [0.05, 0.1) is 0 Å². The van der Waals surface area contributed by atoms with Crippen LogP contribution in [0.5, 0.6) is 0 Å². The minimum Gasteiger partial charge on any atom is -0.326 e. The van der Waals surface area contributed by atoms with Gasteiger partial charge in [0, 0.05) is 11.3 Å². The van der Waals surface area contributed by atoms with E-state index in [1.54, 1.807) is 0 Å². The molecule has 1 rings (SSSR count). The number of hydrogen-bond acceptors (Lipinski definition) is 2. The molecule has 1 saturated carbocycles. The molecule has 0 heterocycles. The third-order valence-electron chi connectivity index (χ3n) is 2.64. The number of nitrogens with two attached hydrogens (primary N) is 1. The Morgan fingerprint density at radius 3 is 2.85 bits per heavy atom. The Labute approximate surface area is 85.5 Å². The van der Waals surface area contributed by atoms with Gasteiger partial charge < -0.3 is 5.73 Å². The van der Waals surface area contributed by atoms with Crippen LogP contribution in [0.4, 0.5) is 0 Å². The van der Waals surface area contributed by atoms with Gasteiger partial charge in [-0.15, -0.1) is 18.3 Å². The smallest absolute Gasteiger partial charge is 0.0245 e. The summed E-state index contributed by atoms with van der Waals surface area (Å²) in [6.45, 7) is 5.89. The second-order valence-electron chi connectivity index (χ2n) is 3.55. The van der Waals surface area contributed by atoms with Crippen molar-refractivity contribution in [2.45, 2.75) is 37.5 Å². The molecular formula is C11H19NS. The zero-order valence-corrected chi connectivity index (χ0v) is 9.09. The van der Waals surface area contributed by atoms with Crippen molar-refractivity contribution in [2.75, 3.05) is 0 Å². The minimum atomic E-state index is 0.299.